The van der Waals surface area contributed by atoms with Gasteiger partial charge in [0.1, 0.15) is 18.3 Å². The van der Waals surface area contributed by atoms with Crippen molar-refractivity contribution in [3.8, 4) is 5.75 Å². The molecule has 4 aromatic rings. The number of nitrogens with one attached hydrogen (secondary N) is 1. The van der Waals surface area contributed by atoms with E-state index in [1.165, 1.54) is 43.2 Å². The summed E-state index contributed by atoms with van der Waals surface area (Å²) in [5.41, 5.74) is 2.64. The Morgan fingerprint density at radius 1 is 0.920 bits per heavy atom. The van der Waals surface area contributed by atoms with Gasteiger partial charge in [-0.1, -0.05) is 73.5 Å². The van der Waals surface area contributed by atoms with Gasteiger partial charge in [0.25, 0.3) is 15.7 Å². The van der Waals surface area contributed by atoms with Crippen LogP contribution in [0, 0.1) is 24.0 Å². The molecule has 0 radical (unpaired) electrons. The van der Waals surface area contributed by atoms with E-state index in [1.54, 1.807) is 12.1 Å². The topological polar surface area (TPSA) is 139 Å². The number of sulfonamides is 1. The first-order valence-electron chi connectivity index (χ1n) is 16.6. The number of amides is 2. The summed E-state index contributed by atoms with van der Waals surface area (Å²) in [5.74, 6) is -0.455. The molecule has 0 aliphatic heterocycles. The fraction of sp³-hybridized carbons (Fsp3) is 0.316. The first-order chi connectivity index (χ1) is 24.0. The van der Waals surface area contributed by atoms with Crippen molar-refractivity contribution in [1.29, 1.82) is 0 Å². The molecule has 262 valence electrons. The highest BCUT2D eigenvalue weighted by molar-refractivity contribution is 7.92. The molecule has 1 aliphatic rings. The fourth-order valence-corrected chi connectivity index (χ4v) is 7.68. The minimum Gasteiger partial charge on any atom is -0.497 e. The Bertz CT molecular complexity index is 1930. The second-order valence-corrected chi connectivity index (χ2v) is 14.4. The zero-order valence-electron chi connectivity index (χ0n) is 28.4. The van der Waals surface area contributed by atoms with Crippen molar-refractivity contribution in [2.75, 3.05) is 18.0 Å². The lowest BCUT2D eigenvalue weighted by atomic mass is 10.0. The molecule has 0 heterocycles. The average Bonchev–Trinajstić information content (AvgIpc) is 3.62. The third kappa shape index (κ3) is 8.49. The third-order valence-electron chi connectivity index (χ3n) is 9.18. The lowest BCUT2D eigenvalue weighted by molar-refractivity contribution is -0.385. The molecule has 12 heteroatoms. The van der Waals surface area contributed by atoms with Gasteiger partial charge in [-0.05, 0) is 73.7 Å². The minimum atomic E-state index is -4.54. The maximum Gasteiger partial charge on any atom is 0.273 e. The van der Waals surface area contributed by atoms with Crippen LogP contribution in [0.5, 0.6) is 5.75 Å². The van der Waals surface area contributed by atoms with Gasteiger partial charge in [-0.15, -0.1) is 0 Å². The summed E-state index contributed by atoms with van der Waals surface area (Å²) >= 11 is 0. The number of benzene rings is 4. The third-order valence-corrected chi connectivity index (χ3v) is 10.9. The number of carbonyl (C=O) groups is 2. The quantitative estimate of drug-likeness (QED) is 0.124. The maximum absolute atomic E-state index is 14.8. The van der Waals surface area contributed by atoms with Crippen LogP contribution in [0.25, 0.3) is 0 Å². The van der Waals surface area contributed by atoms with Crippen molar-refractivity contribution in [2.24, 2.45) is 0 Å². The number of nitro groups is 1. The molecule has 4 aromatic carbocycles. The lowest BCUT2D eigenvalue weighted by Crippen LogP contribution is -2.54. The highest BCUT2D eigenvalue weighted by Gasteiger charge is 2.36. The van der Waals surface area contributed by atoms with E-state index in [9.17, 15) is 28.1 Å². The molecule has 1 fully saturated rings. The van der Waals surface area contributed by atoms with E-state index in [0.29, 0.717) is 11.3 Å². The van der Waals surface area contributed by atoms with Gasteiger partial charge in [-0.25, -0.2) is 8.42 Å². The molecule has 0 aromatic heterocycles. The van der Waals surface area contributed by atoms with Crippen LogP contribution < -0.4 is 14.4 Å². The molecule has 1 atom stereocenters. The summed E-state index contributed by atoms with van der Waals surface area (Å²) in [6, 6.07) is 25.8. The predicted octanol–water partition coefficient (Wildman–Crippen LogP) is 6.11. The van der Waals surface area contributed by atoms with Gasteiger partial charge in [0.2, 0.25) is 11.8 Å². The summed E-state index contributed by atoms with van der Waals surface area (Å²) in [6.45, 7) is 2.81. The standard InChI is InChI=1S/C38H42N4O7S/c1-27-11-7-8-14-30(27)25-40(36(23-29-12-5-4-6-13-29)38(44)39-31-15-9-10-16-31)37(43)26-41(32-18-20-33(49-3)21-19-32)50(47,48)34-22-17-28(2)35(24-34)42(45)46/h4-8,11-14,17-22,24,31,36H,9-10,15-16,23,25-26H2,1-3H3,(H,39,44). The second-order valence-electron chi connectivity index (χ2n) is 12.6. The molecule has 0 spiro atoms. The molecule has 50 heavy (non-hydrogen) atoms. The van der Waals surface area contributed by atoms with Gasteiger partial charge in [-0.3, -0.25) is 24.0 Å². The molecule has 0 saturated heterocycles. The SMILES string of the molecule is COc1ccc(N(CC(=O)N(Cc2ccccc2C)C(Cc2ccccc2)C(=O)NC2CCCC2)S(=O)(=O)c2ccc(C)c([N+](=O)[O-])c2)cc1. The molecule has 2 amide bonds. The Kier molecular flexibility index (Phi) is 11.5. The molecule has 0 bridgehead atoms. The summed E-state index contributed by atoms with van der Waals surface area (Å²) in [7, 11) is -3.06. The highest BCUT2D eigenvalue weighted by atomic mass is 32.2. The molecule has 1 N–H and O–H groups in total. The van der Waals surface area contributed by atoms with Crippen LogP contribution in [0.4, 0.5) is 11.4 Å². The highest BCUT2D eigenvalue weighted by Crippen LogP contribution is 2.30. The lowest BCUT2D eigenvalue weighted by Gasteiger charge is -2.34. The van der Waals surface area contributed by atoms with Gasteiger partial charge in [0.15, 0.2) is 0 Å². The smallest absolute Gasteiger partial charge is 0.273 e. The average molecular weight is 699 g/mol. The van der Waals surface area contributed by atoms with Gasteiger partial charge in [0.05, 0.1) is 22.6 Å². The first kappa shape index (κ1) is 36.1. The van der Waals surface area contributed by atoms with E-state index < -0.39 is 33.4 Å². The number of aryl methyl sites for hydroxylation is 2. The van der Waals surface area contributed by atoms with E-state index in [1.807, 2.05) is 61.5 Å². The Morgan fingerprint density at radius 2 is 1.58 bits per heavy atom. The van der Waals surface area contributed by atoms with Crippen LogP contribution in [-0.4, -0.2) is 55.8 Å². The van der Waals surface area contributed by atoms with E-state index >= 15 is 0 Å². The molecule has 5 rings (SSSR count). The number of methoxy groups -OCH3 is 1. The number of anilines is 1. The number of hydrogen-bond donors (Lipinski definition) is 1. The van der Waals surface area contributed by atoms with Crippen molar-refractivity contribution >= 4 is 33.2 Å². The van der Waals surface area contributed by atoms with Gasteiger partial charge < -0.3 is 15.0 Å². The Balaban J connectivity index is 1.60. The summed E-state index contributed by atoms with van der Waals surface area (Å²) < 4.78 is 35.0. The zero-order chi connectivity index (χ0) is 35.8. The predicted molar refractivity (Wildman–Crippen MR) is 191 cm³/mol. The Morgan fingerprint density at radius 3 is 2.22 bits per heavy atom. The Hall–Kier alpha value is -5.23. The van der Waals surface area contributed by atoms with Gasteiger partial charge >= 0.3 is 0 Å². The molecule has 11 nitrogen and oxygen atoms in total. The summed E-state index contributed by atoms with van der Waals surface area (Å²) in [4.78, 5) is 41.2. The number of carbonyl (C=O) groups excluding carboxylic acids is 2. The van der Waals surface area contributed by atoms with Gasteiger partial charge in [-0.2, -0.15) is 0 Å². The first-order valence-corrected chi connectivity index (χ1v) is 18.0. The molecule has 1 saturated carbocycles. The number of nitro benzene ring substituents is 1. The molecule has 1 unspecified atom stereocenters. The van der Waals surface area contributed by atoms with Crippen molar-refractivity contribution in [2.45, 2.75) is 69.5 Å². The van der Waals surface area contributed by atoms with E-state index in [0.717, 1.165) is 52.7 Å². The molecular formula is C38H42N4O7S. The Labute approximate surface area is 293 Å². The second kappa shape index (κ2) is 16.0. The van der Waals surface area contributed by atoms with E-state index in [-0.39, 0.29) is 41.2 Å². The largest absolute Gasteiger partial charge is 0.497 e. The normalized spacial score (nSPS) is 13.7. The summed E-state index contributed by atoms with van der Waals surface area (Å²) in [6.07, 6.45) is 3.91. The van der Waals surface area contributed by atoms with Crippen LogP contribution in [-0.2, 0) is 32.6 Å². The van der Waals surface area contributed by atoms with Crippen LogP contribution in [0.15, 0.2) is 102 Å². The maximum atomic E-state index is 14.8. The van der Waals surface area contributed by atoms with Crippen LogP contribution >= 0.6 is 0 Å². The van der Waals surface area contributed by atoms with Crippen molar-refractivity contribution in [1.82, 2.24) is 10.2 Å². The van der Waals surface area contributed by atoms with Crippen LogP contribution in [0.2, 0.25) is 0 Å². The fourth-order valence-electron chi connectivity index (χ4n) is 6.24. The summed E-state index contributed by atoms with van der Waals surface area (Å²) in [5, 5.41) is 14.9. The van der Waals surface area contributed by atoms with Crippen molar-refractivity contribution in [3.05, 3.63) is 129 Å². The number of ether oxygens (including phenoxy) is 1. The minimum absolute atomic E-state index is 0.00955. The van der Waals surface area contributed by atoms with Crippen LogP contribution in [0.1, 0.15) is 47.9 Å². The monoisotopic (exact) mass is 698 g/mol. The van der Waals surface area contributed by atoms with E-state index in [2.05, 4.69) is 5.32 Å². The number of hydrogen-bond acceptors (Lipinski definition) is 7. The van der Waals surface area contributed by atoms with Crippen LogP contribution in [0.3, 0.4) is 0 Å². The molecule has 1 aliphatic carbocycles. The van der Waals surface area contributed by atoms with E-state index in [4.69, 9.17) is 4.74 Å². The van der Waals surface area contributed by atoms with Crippen molar-refractivity contribution in [3.63, 3.8) is 0 Å². The van der Waals surface area contributed by atoms with Crippen molar-refractivity contribution < 1.29 is 27.7 Å². The zero-order valence-corrected chi connectivity index (χ0v) is 29.3. The number of rotatable bonds is 14. The van der Waals surface area contributed by atoms with Gasteiger partial charge in [0, 0.05) is 30.6 Å². The molecular weight excluding hydrogens is 657 g/mol. The number of nitrogens with zero attached hydrogens (tertiary/aromatic N) is 3.